The van der Waals surface area contributed by atoms with E-state index in [0.29, 0.717) is 40.5 Å². The molecule has 1 unspecified atom stereocenters. The Hall–Kier alpha value is -3.26. The summed E-state index contributed by atoms with van der Waals surface area (Å²) in [6.45, 7) is -0.869. The molecule has 1 aromatic carbocycles. The van der Waals surface area contributed by atoms with Crippen molar-refractivity contribution in [1.82, 2.24) is 20.1 Å². The molecule has 0 amide bonds. The molecule has 8 heteroatoms. The van der Waals surface area contributed by atoms with Gasteiger partial charge in [0.25, 0.3) is 5.56 Å². The average molecular weight is 450 g/mol. The van der Waals surface area contributed by atoms with Gasteiger partial charge in [-0.2, -0.15) is 0 Å². The molecular weight excluding hydrogens is 421 g/mol. The molecule has 3 aromatic rings. The molecule has 2 aromatic heterocycles. The third kappa shape index (κ3) is 4.35. The molecule has 0 aliphatic carbocycles. The van der Waals surface area contributed by atoms with Crippen molar-refractivity contribution < 1.29 is 9.50 Å². The van der Waals surface area contributed by atoms with E-state index in [1.165, 1.54) is 31.5 Å². The van der Waals surface area contributed by atoms with Crippen LogP contribution >= 0.6 is 0 Å². The molecule has 0 saturated carbocycles. The summed E-state index contributed by atoms with van der Waals surface area (Å²) in [7, 11) is 2.08. The molecule has 2 aliphatic heterocycles. The second-order valence-electron chi connectivity index (χ2n) is 9.08. The Balaban J connectivity index is 1.33. The molecule has 172 valence electrons. The van der Waals surface area contributed by atoms with E-state index in [0.717, 1.165) is 23.2 Å². The Bertz CT molecular complexity index is 1180. The summed E-state index contributed by atoms with van der Waals surface area (Å²) in [5.41, 5.74) is 1.99. The molecule has 4 heterocycles. The molecule has 2 N–H and O–H groups in total. The van der Waals surface area contributed by atoms with E-state index < -0.39 is 12.4 Å². The molecule has 2 fully saturated rings. The normalized spacial score (nSPS) is 22.2. The monoisotopic (exact) mass is 449 g/mol. The van der Waals surface area contributed by atoms with Gasteiger partial charge in [-0.1, -0.05) is 12.5 Å². The number of nitrogens with one attached hydrogen (secondary N) is 1. The van der Waals surface area contributed by atoms with Crippen LogP contribution in [0.2, 0.25) is 0 Å². The topological polar surface area (TPSA) is 83.3 Å². The molecule has 2 bridgehead atoms. The number of phenolic OH excluding ortho intramolecular Hbond substituents is 1. The maximum absolute atomic E-state index is 12.8. The summed E-state index contributed by atoms with van der Waals surface area (Å²) < 4.78 is 13.7. The molecule has 0 spiro atoms. The predicted molar refractivity (Wildman–Crippen MR) is 126 cm³/mol. The third-order valence-corrected chi connectivity index (χ3v) is 6.98. The highest BCUT2D eigenvalue weighted by atomic mass is 19.1. The molecule has 0 radical (unpaired) electrons. The lowest BCUT2D eigenvalue weighted by atomic mass is 9.83. The first-order valence-corrected chi connectivity index (χ1v) is 11.4. The van der Waals surface area contributed by atoms with Crippen LogP contribution in [0.1, 0.15) is 32.1 Å². The smallest absolute Gasteiger partial charge is 0.253 e. The standard InChI is InChI=1S/C25H28FN5O2/c1-30(20-13-18-3-2-4-19(14-20)27-18)24-8-7-22(28-29-24)21-6-5-16(11-23(21)32)17-9-10-31(15-26)25(33)12-17/h5-12,18-20,27,32H,2-4,13-15H2,1H3/t18-,19+,20?. The van der Waals surface area contributed by atoms with Crippen LogP contribution < -0.4 is 15.8 Å². The largest absolute Gasteiger partial charge is 0.507 e. The van der Waals surface area contributed by atoms with Crippen molar-refractivity contribution in [3.63, 3.8) is 0 Å². The third-order valence-electron chi connectivity index (χ3n) is 6.98. The molecular formula is C25H28FN5O2. The van der Waals surface area contributed by atoms with Crippen LogP contribution in [0.3, 0.4) is 0 Å². The molecule has 5 rings (SSSR count). The van der Waals surface area contributed by atoms with Gasteiger partial charge in [0.1, 0.15) is 5.75 Å². The first kappa shape index (κ1) is 21.6. The zero-order valence-corrected chi connectivity index (χ0v) is 18.6. The number of phenols is 1. The molecule has 7 nitrogen and oxygen atoms in total. The highest BCUT2D eigenvalue weighted by molar-refractivity contribution is 5.74. The van der Waals surface area contributed by atoms with Gasteiger partial charge >= 0.3 is 0 Å². The van der Waals surface area contributed by atoms with Crippen molar-refractivity contribution >= 4 is 5.82 Å². The number of hydrogen-bond acceptors (Lipinski definition) is 6. The lowest BCUT2D eigenvalue weighted by Gasteiger charge is -2.43. The van der Waals surface area contributed by atoms with Gasteiger partial charge in [0, 0.05) is 43.0 Å². The number of nitrogens with zero attached hydrogens (tertiary/aromatic N) is 4. The zero-order chi connectivity index (χ0) is 22.9. The van der Waals surface area contributed by atoms with Crippen molar-refractivity contribution in [2.24, 2.45) is 0 Å². The van der Waals surface area contributed by atoms with Crippen LogP contribution in [-0.2, 0) is 6.80 Å². The van der Waals surface area contributed by atoms with Crippen molar-refractivity contribution in [2.75, 3.05) is 11.9 Å². The van der Waals surface area contributed by atoms with Crippen LogP contribution in [0.25, 0.3) is 22.4 Å². The Morgan fingerprint density at radius 1 is 1.09 bits per heavy atom. The van der Waals surface area contributed by atoms with Gasteiger partial charge in [-0.05, 0) is 67.1 Å². The zero-order valence-electron chi connectivity index (χ0n) is 18.6. The predicted octanol–water partition coefficient (Wildman–Crippen LogP) is 3.71. The van der Waals surface area contributed by atoms with Crippen molar-refractivity contribution in [3.8, 4) is 28.1 Å². The van der Waals surface area contributed by atoms with Crippen molar-refractivity contribution in [3.05, 3.63) is 59.0 Å². The van der Waals surface area contributed by atoms with E-state index in [9.17, 15) is 14.3 Å². The number of aromatic nitrogens is 3. The first-order valence-electron chi connectivity index (χ1n) is 11.4. The number of fused-ring (bicyclic) bond motifs is 2. The fourth-order valence-corrected chi connectivity index (χ4v) is 5.11. The van der Waals surface area contributed by atoms with Gasteiger partial charge in [0.05, 0.1) is 5.69 Å². The van der Waals surface area contributed by atoms with Gasteiger partial charge in [-0.15, -0.1) is 10.2 Å². The number of pyridine rings is 1. The van der Waals surface area contributed by atoms with E-state index >= 15 is 0 Å². The van der Waals surface area contributed by atoms with Crippen LogP contribution in [0.4, 0.5) is 10.2 Å². The first-order chi connectivity index (χ1) is 16.0. The SMILES string of the molecule is CN(c1ccc(-c2ccc(-c3ccn(CF)c(=O)c3)cc2O)nn1)C1C[C@H]2CCC[C@@H](C1)N2. The summed E-state index contributed by atoms with van der Waals surface area (Å²) in [4.78, 5) is 14.1. The maximum Gasteiger partial charge on any atom is 0.253 e. The number of halogens is 1. The lowest BCUT2D eigenvalue weighted by Crippen LogP contribution is -2.54. The van der Waals surface area contributed by atoms with Gasteiger partial charge in [-0.25, -0.2) is 4.39 Å². The fourth-order valence-electron chi connectivity index (χ4n) is 5.11. The minimum atomic E-state index is -0.869. The summed E-state index contributed by atoms with van der Waals surface area (Å²) >= 11 is 0. The minimum Gasteiger partial charge on any atom is -0.507 e. The number of piperidine rings is 2. The van der Waals surface area contributed by atoms with Gasteiger partial charge in [0.2, 0.25) is 0 Å². The Kier molecular flexibility index (Phi) is 5.85. The van der Waals surface area contributed by atoms with Crippen molar-refractivity contribution in [2.45, 2.75) is 57.0 Å². The summed E-state index contributed by atoms with van der Waals surface area (Å²) in [6.07, 6.45) is 7.45. The molecule has 2 saturated heterocycles. The highest BCUT2D eigenvalue weighted by Gasteiger charge is 2.33. The Morgan fingerprint density at radius 2 is 1.85 bits per heavy atom. The quantitative estimate of drug-likeness (QED) is 0.618. The van der Waals surface area contributed by atoms with E-state index in [4.69, 9.17) is 0 Å². The highest BCUT2D eigenvalue weighted by Crippen LogP contribution is 2.33. The van der Waals surface area contributed by atoms with Crippen molar-refractivity contribution in [1.29, 1.82) is 0 Å². The maximum atomic E-state index is 12.8. The van der Waals surface area contributed by atoms with E-state index in [-0.39, 0.29) is 5.75 Å². The van der Waals surface area contributed by atoms with Crippen LogP contribution in [0, 0.1) is 0 Å². The van der Waals surface area contributed by atoms with Crippen LogP contribution in [0.5, 0.6) is 5.75 Å². The second kappa shape index (κ2) is 8.94. The fraction of sp³-hybridized carbons (Fsp3) is 0.400. The van der Waals surface area contributed by atoms with Gasteiger partial charge < -0.3 is 15.3 Å². The minimum absolute atomic E-state index is 0.0451. The number of anilines is 1. The Labute approximate surface area is 191 Å². The number of alkyl halides is 1. The van der Waals surface area contributed by atoms with Gasteiger partial charge in [0.15, 0.2) is 12.6 Å². The summed E-state index contributed by atoms with van der Waals surface area (Å²) in [5.74, 6) is 0.872. The van der Waals surface area contributed by atoms with E-state index in [2.05, 4.69) is 27.5 Å². The van der Waals surface area contributed by atoms with E-state index in [1.54, 1.807) is 24.3 Å². The summed E-state index contributed by atoms with van der Waals surface area (Å²) in [6, 6.07) is 13.6. The molecule has 3 atom stereocenters. The summed E-state index contributed by atoms with van der Waals surface area (Å²) in [5, 5.41) is 23.2. The van der Waals surface area contributed by atoms with Gasteiger partial charge in [-0.3, -0.25) is 9.36 Å². The molecule has 2 aliphatic rings. The second-order valence-corrected chi connectivity index (χ2v) is 9.08. The van der Waals surface area contributed by atoms with E-state index in [1.807, 2.05) is 12.1 Å². The number of rotatable bonds is 5. The number of benzene rings is 1. The molecule has 33 heavy (non-hydrogen) atoms. The Morgan fingerprint density at radius 3 is 2.48 bits per heavy atom. The van der Waals surface area contributed by atoms with Crippen LogP contribution in [-0.4, -0.2) is 45.0 Å². The average Bonchev–Trinajstić information content (AvgIpc) is 2.83. The number of hydrogen-bond donors (Lipinski definition) is 2. The van der Waals surface area contributed by atoms with Crippen LogP contribution in [0.15, 0.2) is 53.5 Å². The lowest BCUT2D eigenvalue weighted by molar-refractivity contribution is 0.219. The number of aromatic hydroxyl groups is 1.